The molecule has 0 radical (unpaired) electrons. The first-order chi connectivity index (χ1) is 8.54. The summed E-state index contributed by atoms with van der Waals surface area (Å²) in [5.74, 6) is -0.0617. The molecule has 0 aromatic heterocycles. The van der Waals surface area contributed by atoms with Crippen molar-refractivity contribution in [2.45, 2.75) is 45.6 Å². The number of benzene rings is 1. The van der Waals surface area contributed by atoms with Crippen LogP contribution in [0.2, 0.25) is 5.02 Å². The summed E-state index contributed by atoms with van der Waals surface area (Å²) in [7, 11) is 0. The number of carbonyl (C=O) groups excluding carboxylic acids is 1. The molecule has 0 aliphatic heterocycles. The maximum absolute atomic E-state index is 12.0. The Morgan fingerprint density at radius 3 is 2.78 bits per heavy atom. The van der Waals surface area contributed by atoms with Gasteiger partial charge in [-0.15, -0.1) is 0 Å². The molecule has 0 aliphatic carbocycles. The normalized spacial score (nSPS) is 12.2. The lowest BCUT2D eigenvalue weighted by Gasteiger charge is -2.13. The van der Waals surface area contributed by atoms with Gasteiger partial charge in [-0.25, -0.2) is 0 Å². The molecule has 0 saturated heterocycles. The monoisotopic (exact) mass is 331 g/mol. The molecule has 1 aromatic carbocycles. The van der Waals surface area contributed by atoms with Gasteiger partial charge in [-0.2, -0.15) is 0 Å². The third-order valence-corrected chi connectivity index (χ3v) is 4.03. The number of hydrogen-bond donors (Lipinski definition) is 1. The second-order valence-corrected chi connectivity index (χ2v) is 5.76. The summed E-state index contributed by atoms with van der Waals surface area (Å²) >= 11 is 9.28. The summed E-state index contributed by atoms with van der Waals surface area (Å²) in [6, 6.07) is 5.44. The minimum absolute atomic E-state index is 0.0617. The maximum Gasteiger partial charge on any atom is 0.251 e. The highest BCUT2D eigenvalue weighted by Gasteiger charge is 2.10. The number of halogens is 2. The van der Waals surface area contributed by atoms with Crippen LogP contribution in [0, 0.1) is 0 Å². The smallest absolute Gasteiger partial charge is 0.251 e. The van der Waals surface area contributed by atoms with Crippen molar-refractivity contribution < 1.29 is 4.79 Å². The molecule has 0 fully saturated rings. The minimum atomic E-state index is -0.0617. The summed E-state index contributed by atoms with van der Waals surface area (Å²) in [5, 5.41) is 3.55. The second-order valence-electron chi connectivity index (χ2n) is 4.50. The lowest BCUT2D eigenvalue weighted by atomic mass is 10.1. The molecule has 1 rings (SSSR count). The number of unbranched alkanes of at least 4 members (excludes halogenated alkanes) is 2. The Labute approximate surface area is 122 Å². The predicted octanol–water partition coefficient (Wildman–Crippen LogP) is 4.80. The molecule has 0 heterocycles. The number of hydrogen-bond acceptors (Lipinski definition) is 1. The standard InChI is InChI=1S/C14H19BrClNO/c1-3-4-5-6-10(2)17-14(18)11-7-8-12(15)13(16)9-11/h7-10H,3-6H2,1-2H3,(H,17,18). The fraction of sp³-hybridized carbons (Fsp3) is 0.500. The van der Waals surface area contributed by atoms with E-state index < -0.39 is 0 Å². The Bertz CT molecular complexity index is 409. The molecular weight excluding hydrogens is 314 g/mol. The Kier molecular flexibility index (Phi) is 6.72. The molecule has 18 heavy (non-hydrogen) atoms. The molecule has 1 unspecified atom stereocenters. The Hall–Kier alpha value is -0.540. The van der Waals surface area contributed by atoms with Gasteiger partial charge in [0.1, 0.15) is 0 Å². The maximum atomic E-state index is 12.0. The van der Waals surface area contributed by atoms with Crippen molar-refractivity contribution in [1.82, 2.24) is 5.32 Å². The molecule has 1 atom stereocenters. The topological polar surface area (TPSA) is 29.1 Å². The van der Waals surface area contributed by atoms with Crippen molar-refractivity contribution in [3.8, 4) is 0 Å². The van der Waals surface area contributed by atoms with E-state index in [0.29, 0.717) is 10.6 Å². The van der Waals surface area contributed by atoms with E-state index in [1.165, 1.54) is 12.8 Å². The van der Waals surface area contributed by atoms with Crippen LogP contribution in [0.4, 0.5) is 0 Å². The molecule has 1 N–H and O–H groups in total. The zero-order chi connectivity index (χ0) is 13.5. The van der Waals surface area contributed by atoms with Crippen LogP contribution in [0.5, 0.6) is 0 Å². The van der Waals surface area contributed by atoms with Crippen molar-refractivity contribution in [2.24, 2.45) is 0 Å². The van der Waals surface area contributed by atoms with E-state index in [1.807, 2.05) is 6.92 Å². The van der Waals surface area contributed by atoms with Gasteiger partial charge < -0.3 is 5.32 Å². The van der Waals surface area contributed by atoms with Crippen LogP contribution >= 0.6 is 27.5 Å². The lowest BCUT2D eigenvalue weighted by molar-refractivity contribution is 0.0938. The van der Waals surface area contributed by atoms with Crippen LogP contribution in [-0.4, -0.2) is 11.9 Å². The predicted molar refractivity (Wildman–Crippen MR) is 80.2 cm³/mol. The fourth-order valence-corrected chi connectivity index (χ4v) is 2.14. The van der Waals surface area contributed by atoms with Gasteiger partial charge in [-0.3, -0.25) is 4.79 Å². The van der Waals surface area contributed by atoms with E-state index in [2.05, 4.69) is 28.2 Å². The highest BCUT2D eigenvalue weighted by atomic mass is 79.9. The van der Waals surface area contributed by atoms with Crippen LogP contribution < -0.4 is 5.32 Å². The molecule has 1 aromatic rings. The molecule has 0 bridgehead atoms. The van der Waals surface area contributed by atoms with Crippen LogP contribution in [0.3, 0.4) is 0 Å². The van der Waals surface area contributed by atoms with Gasteiger partial charge in [0.05, 0.1) is 5.02 Å². The first-order valence-electron chi connectivity index (χ1n) is 6.30. The van der Waals surface area contributed by atoms with Gasteiger partial charge in [0, 0.05) is 16.1 Å². The van der Waals surface area contributed by atoms with Crippen molar-refractivity contribution in [2.75, 3.05) is 0 Å². The third kappa shape index (κ3) is 4.99. The van der Waals surface area contributed by atoms with Gasteiger partial charge >= 0.3 is 0 Å². The first kappa shape index (κ1) is 15.5. The fourth-order valence-electron chi connectivity index (χ4n) is 1.72. The van der Waals surface area contributed by atoms with E-state index in [0.717, 1.165) is 17.3 Å². The largest absolute Gasteiger partial charge is 0.350 e. The van der Waals surface area contributed by atoms with Crippen LogP contribution in [-0.2, 0) is 0 Å². The number of nitrogens with one attached hydrogen (secondary N) is 1. The molecule has 0 spiro atoms. The summed E-state index contributed by atoms with van der Waals surface area (Å²) in [6.45, 7) is 4.21. The number of amides is 1. The second kappa shape index (κ2) is 7.80. The first-order valence-corrected chi connectivity index (χ1v) is 7.47. The molecule has 1 amide bonds. The highest BCUT2D eigenvalue weighted by Crippen LogP contribution is 2.23. The highest BCUT2D eigenvalue weighted by molar-refractivity contribution is 9.10. The van der Waals surface area contributed by atoms with E-state index in [4.69, 9.17) is 11.6 Å². The number of carbonyl (C=O) groups is 1. The van der Waals surface area contributed by atoms with Crippen LogP contribution in [0.15, 0.2) is 22.7 Å². The lowest BCUT2D eigenvalue weighted by Crippen LogP contribution is -2.32. The number of rotatable bonds is 6. The Balaban J connectivity index is 2.51. The van der Waals surface area contributed by atoms with Crippen molar-refractivity contribution in [1.29, 1.82) is 0 Å². The van der Waals surface area contributed by atoms with Crippen molar-refractivity contribution in [3.63, 3.8) is 0 Å². The average molecular weight is 333 g/mol. The molecular formula is C14H19BrClNO. The van der Waals surface area contributed by atoms with E-state index in [9.17, 15) is 4.79 Å². The summed E-state index contributed by atoms with van der Waals surface area (Å²) in [5.41, 5.74) is 0.602. The summed E-state index contributed by atoms with van der Waals surface area (Å²) < 4.78 is 0.803. The van der Waals surface area contributed by atoms with Crippen LogP contribution in [0.25, 0.3) is 0 Å². The van der Waals surface area contributed by atoms with Gasteiger partial charge in [0.2, 0.25) is 0 Å². The van der Waals surface area contributed by atoms with Crippen molar-refractivity contribution in [3.05, 3.63) is 33.3 Å². The SMILES string of the molecule is CCCCCC(C)NC(=O)c1ccc(Br)c(Cl)c1. The zero-order valence-corrected chi connectivity index (χ0v) is 13.1. The van der Waals surface area contributed by atoms with Gasteiger partial charge in [0.15, 0.2) is 0 Å². The molecule has 2 nitrogen and oxygen atoms in total. The third-order valence-electron chi connectivity index (χ3n) is 2.80. The molecule has 0 aliphatic rings. The van der Waals surface area contributed by atoms with E-state index in [1.54, 1.807) is 18.2 Å². The quantitative estimate of drug-likeness (QED) is 0.745. The Morgan fingerprint density at radius 2 is 2.17 bits per heavy atom. The molecule has 100 valence electrons. The van der Waals surface area contributed by atoms with Gasteiger partial charge in [0.25, 0.3) is 5.91 Å². The molecule has 4 heteroatoms. The average Bonchev–Trinajstić information content (AvgIpc) is 2.33. The zero-order valence-electron chi connectivity index (χ0n) is 10.8. The summed E-state index contributed by atoms with van der Waals surface area (Å²) in [6.07, 6.45) is 4.58. The van der Waals surface area contributed by atoms with E-state index >= 15 is 0 Å². The summed E-state index contributed by atoms with van der Waals surface area (Å²) in [4.78, 5) is 12.0. The van der Waals surface area contributed by atoms with Gasteiger partial charge in [-0.1, -0.05) is 37.8 Å². The van der Waals surface area contributed by atoms with E-state index in [-0.39, 0.29) is 11.9 Å². The molecule has 0 saturated carbocycles. The van der Waals surface area contributed by atoms with Gasteiger partial charge in [-0.05, 0) is 47.5 Å². The Morgan fingerprint density at radius 1 is 1.44 bits per heavy atom. The minimum Gasteiger partial charge on any atom is -0.350 e. The van der Waals surface area contributed by atoms with Crippen LogP contribution in [0.1, 0.15) is 49.9 Å². The van der Waals surface area contributed by atoms with Crippen molar-refractivity contribution >= 4 is 33.4 Å².